The fraction of sp³-hybridized carbons (Fsp3) is 0.455. The zero-order valence-electron chi connectivity index (χ0n) is 15.2. The van der Waals surface area contributed by atoms with Crippen molar-refractivity contribution in [2.45, 2.75) is 33.1 Å². The number of benzene rings is 1. The molecule has 3 nitrogen and oxygen atoms in total. The molecule has 136 valence electrons. The van der Waals surface area contributed by atoms with Gasteiger partial charge in [0.15, 0.2) is 0 Å². The van der Waals surface area contributed by atoms with Gasteiger partial charge in [0.1, 0.15) is 5.82 Å². The molecule has 0 N–H and O–H groups in total. The summed E-state index contributed by atoms with van der Waals surface area (Å²) in [6.07, 6.45) is 7.23. The van der Waals surface area contributed by atoms with E-state index in [1.807, 2.05) is 19.9 Å². The molecule has 0 aliphatic heterocycles. The van der Waals surface area contributed by atoms with Gasteiger partial charge < -0.3 is 4.74 Å². The summed E-state index contributed by atoms with van der Waals surface area (Å²) in [6.45, 7) is 4.29. The van der Waals surface area contributed by atoms with Crippen LogP contribution in [-0.4, -0.2) is 17.6 Å². The van der Waals surface area contributed by atoms with Crippen LogP contribution < -0.4 is 0 Å². The van der Waals surface area contributed by atoms with Gasteiger partial charge in [-0.3, -0.25) is 9.78 Å². The van der Waals surface area contributed by atoms with Crippen LogP contribution in [0.2, 0.25) is 0 Å². The third-order valence-corrected chi connectivity index (χ3v) is 6.10. The highest BCUT2D eigenvalue weighted by atomic mass is 19.1. The van der Waals surface area contributed by atoms with Crippen molar-refractivity contribution >= 4 is 22.4 Å². The van der Waals surface area contributed by atoms with E-state index in [9.17, 15) is 9.18 Å². The first-order valence-corrected chi connectivity index (χ1v) is 9.48. The van der Waals surface area contributed by atoms with E-state index >= 15 is 0 Å². The lowest BCUT2D eigenvalue weighted by Crippen LogP contribution is -2.22. The van der Waals surface area contributed by atoms with Crippen LogP contribution >= 0.6 is 0 Å². The van der Waals surface area contributed by atoms with Crippen LogP contribution in [0.4, 0.5) is 4.39 Å². The van der Waals surface area contributed by atoms with E-state index in [1.54, 1.807) is 18.3 Å². The summed E-state index contributed by atoms with van der Waals surface area (Å²) in [4.78, 5) is 16.4. The number of nitrogens with zero attached hydrogens (tertiary/aromatic N) is 1. The van der Waals surface area contributed by atoms with E-state index in [4.69, 9.17) is 4.74 Å². The quantitative estimate of drug-likeness (QED) is 0.726. The molecule has 0 bridgehead atoms. The van der Waals surface area contributed by atoms with Crippen LogP contribution in [0.25, 0.3) is 16.5 Å². The number of halogens is 1. The smallest absolute Gasteiger partial charge is 0.308 e. The summed E-state index contributed by atoms with van der Waals surface area (Å²) in [5, 5.41) is 0.884. The highest BCUT2D eigenvalue weighted by Gasteiger charge is 2.41. The SMILES string of the molecule is CCOC(=O)C(C)C1CC2C=C(c3ccnc4ccc(F)cc34)C[C@@H]2C1. The van der Waals surface area contributed by atoms with E-state index in [0.29, 0.717) is 24.4 Å². The molecule has 0 radical (unpaired) electrons. The molecule has 2 aliphatic carbocycles. The minimum absolute atomic E-state index is 0.0340. The van der Waals surface area contributed by atoms with Gasteiger partial charge in [-0.15, -0.1) is 0 Å². The molecular weight excluding hydrogens is 329 g/mol. The molecule has 2 aromatic rings. The van der Waals surface area contributed by atoms with E-state index in [-0.39, 0.29) is 17.7 Å². The van der Waals surface area contributed by atoms with Crippen molar-refractivity contribution in [2.75, 3.05) is 6.61 Å². The van der Waals surface area contributed by atoms with Gasteiger partial charge in [0, 0.05) is 11.6 Å². The molecule has 1 saturated carbocycles. The minimum Gasteiger partial charge on any atom is -0.466 e. The fourth-order valence-electron chi connectivity index (χ4n) is 4.72. The van der Waals surface area contributed by atoms with Gasteiger partial charge in [-0.2, -0.15) is 0 Å². The van der Waals surface area contributed by atoms with Gasteiger partial charge >= 0.3 is 5.97 Å². The second kappa shape index (κ2) is 6.82. The molecule has 0 spiro atoms. The maximum atomic E-state index is 13.7. The summed E-state index contributed by atoms with van der Waals surface area (Å²) in [5.41, 5.74) is 3.22. The number of carbonyl (C=O) groups excluding carboxylic acids is 1. The summed E-state index contributed by atoms with van der Waals surface area (Å²) in [6, 6.07) is 6.77. The molecule has 1 aromatic heterocycles. The second-order valence-corrected chi connectivity index (χ2v) is 7.61. The summed E-state index contributed by atoms with van der Waals surface area (Å²) in [7, 11) is 0. The Morgan fingerprint density at radius 3 is 2.96 bits per heavy atom. The monoisotopic (exact) mass is 353 g/mol. The fourth-order valence-corrected chi connectivity index (χ4v) is 4.72. The number of ether oxygens (including phenoxy) is 1. The predicted octanol–water partition coefficient (Wildman–Crippen LogP) is 5.00. The van der Waals surface area contributed by atoms with E-state index in [0.717, 1.165) is 35.7 Å². The van der Waals surface area contributed by atoms with Crippen LogP contribution in [0.15, 0.2) is 36.5 Å². The molecule has 2 aliphatic rings. The number of esters is 1. The number of pyridine rings is 1. The van der Waals surface area contributed by atoms with Crippen molar-refractivity contribution in [1.82, 2.24) is 4.98 Å². The Bertz CT molecular complexity index is 876. The van der Waals surface area contributed by atoms with Gasteiger partial charge in [0.25, 0.3) is 0 Å². The number of carbonyl (C=O) groups is 1. The topological polar surface area (TPSA) is 39.2 Å². The predicted molar refractivity (Wildman–Crippen MR) is 99.8 cm³/mol. The normalized spacial score (nSPS) is 25.8. The number of rotatable bonds is 4. The lowest BCUT2D eigenvalue weighted by atomic mass is 9.89. The van der Waals surface area contributed by atoms with Gasteiger partial charge in [-0.1, -0.05) is 13.0 Å². The number of hydrogen-bond acceptors (Lipinski definition) is 3. The highest BCUT2D eigenvalue weighted by Crippen LogP contribution is 2.50. The average Bonchev–Trinajstić information content (AvgIpc) is 3.19. The van der Waals surface area contributed by atoms with Crippen LogP contribution in [0.1, 0.15) is 38.7 Å². The number of allylic oxidation sites excluding steroid dienone is 2. The lowest BCUT2D eigenvalue weighted by molar-refractivity contribution is -0.149. The molecule has 1 heterocycles. The Morgan fingerprint density at radius 2 is 2.19 bits per heavy atom. The van der Waals surface area contributed by atoms with Crippen molar-refractivity contribution in [1.29, 1.82) is 0 Å². The Kier molecular flexibility index (Phi) is 4.51. The second-order valence-electron chi connectivity index (χ2n) is 7.61. The number of aromatic nitrogens is 1. The van der Waals surface area contributed by atoms with Gasteiger partial charge in [-0.05, 0) is 79.3 Å². The molecule has 1 fully saturated rings. The van der Waals surface area contributed by atoms with Gasteiger partial charge in [0.05, 0.1) is 18.0 Å². The zero-order chi connectivity index (χ0) is 18.3. The molecule has 4 atom stereocenters. The number of fused-ring (bicyclic) bond motifs is 2. The Balaban J connectivity index is 1.56. The van der Waals surface area contributed by atoms with E-state index in [1.165, 1.54) is 11.6 Å². The summed E-state index contributed by atoms with van der Waals surface area (Å²) >= 11 is 0. The van der Waals surface area contributed by atoms with Crippen LogP contribution in [0.3, 0.4) is 0 Å². The van der Waals surface area contributed by atoms with Gasteiger partial charge in [0.2, 0.25) is 0 Å². The van der Waals surface area contributed by atoms with Crippen molar-refractivity contribution in [3.63, 3.8) is 0 Å². The molecule has 3 unspecified atom stereocenters. The third-order valence-electron chi connectivity index (χ3n) is 6.10. The first-order chi connectivity index (χ1) is 12.6. The molecule has 0 amide bonds. The van der Waals surface area contributed by atoms with Crippen LogP contribution in [0.5, 0.6) is 0 Å². The number of hydrogen-bond donors (Lipinski definition) is 0. The van der Waals surface area contributed by atoms with Crippen molar-refractivity contribution < 1.29 is 13.9 Å². The Hall–Kier alpha value is -2.23. The molecule has 4 rings (SSSR count). The van der Waals surface area contributed by atoms with Crippen LogP contribution in [-0.2, 0) is 9.53 Å². The molecule has 1 aromatic carbocycles. The molecule has 0 saturated heterocycles. The van der Waals surface area contributed by atoms with Crippen molar-refractivity contribution in [3.05, 3.63) is 47.9 Å². The Labute approximate surface area is 153 Å². The molecule has 4 heteroatoms. The standard InChI is InChI=1S/C22H24FNO2/c1-3-26-22(25)13(2)14-8-15-10-17(11-16(15)9-14)19-6-7-24-21-5-4-18(23)12-20(19)21/h4-7,10,12-16H,3,8-9,11H2,1-2H3/t13?,14?,15?,16-/m0/s1. The Morgan fingerprint density at radius 1 is 1.35 bits per heavy atom. The largest absolute Gasteiger partial charge is 0.466 e. The van der Waals surface area contributed by atoms with Gasteiger partial charge in [-0.25, -0.2) is 4.39 Å². The molecular formula is C22H24FNO2. The summed E-state index contributed by atoms with van der Waals surface area (Å²) < 4.78 is 18.9. The first-order valence-electron chi connectivity index (χ1n) is 9.48. The van der Waals surface area contributed by atoms with Crippen molar-refractivity contribution in [2.24, 2.45) is 23.7 Å². The zero-order valence-corrected chi connectivity index (χ0v) is 15.2. The van der Waals surface area contributed by atoms with Crippen molar-refractivity contribution in [3.8, 4) is 0 Å². The maximum Gasteiger partial charge on any atom is 0.308 e. The maximum absolute atomic E-state index is 13.7. The first kappa shape index (κ1) is 17.2. The highest BCUT2D eigenvalue weighted by molar-refractivity contribution is 5.92. The third kappa shape index (κ3) is 3.02. The van der Waals surface area contributed by atoms with Crippen LogP contribution in [0, 0.1) is 29.5 Å². The minimum atomic E-state index is -0.228. The lowest BCUT2D eigenvalue weighted by Gasteiger charge is -2.18. The summed E-state index contributed by atoms with van der Waals surface area (Å²) in [5.74, 6) is 1.14. The average molecular weight is 353 g/mol. The van der Waals surface area contributed by atoms with E-state index < -0.39 is 0 Å². The molecule has 26 heavy (non-hydrogen) atoms. The van der Waals surface area contributed by atoms with E-state index in [2.05, 4.69) is 11.1 Å².